The Morgan fingerprint density at radius 2 is 1.71 bits per heavy atom. The molecule has 0 bridgehead atoms. The Hall–Kier alpha value is -2.98. The van der Waals surface area contributed by atoms with E-state index in [0.717, 1.165) is 74.0 Å². The first-order valence-electron chi connectivity index (χ1n) is 11.8. The first-order chi connectivity index (χ1) is 16.8. The average molecular weight is 498 g/mol. The molecule has 184 valence electrons. The van der Waals surface area contributed by atoms with Gasteiger partial charge in [-0.05, 0) is 24.3 Å². The maximum atomic E-state index is 6.11. The van der Waals surface area contributed by atoms with E-state index in [9.17, 15) is 0 Å². The fourth-order valence-corrected chi connectivity index (χ4v) is 4.43. The molecule has 2 aliphatic heterocycles. The summed E-state index contributed by atoms with van der Waals surface area (Å²) in [6.07, 6.45) is 1.73. The second-order valence-electron chi connectivity index (χ2n) is 8.44. The monoisotopic (exact) mass is 497 g/mol. The van der Waals surface area contributed by atoms with Gasteiger partial charge in [0, 0.05) is 44.5 Å². The second kappa shape index (κ2) is 10.7. The summed E-state index contributed by atoms with van der Waals surface area (Å²) in [6, 6.07) is 11.9. The van der Waals surface area contributed by atoms with Crippen LogP contribution in [-0.4, -0.2) is 85.6 Å². The van der Waals surface area contributed by atoms with Gasteiger partial charge >= 0.3 is 0 Å². The first-order valence-corrected chi connectivity index (χ1v) is 11.8. The van der Waals surface area contributed by atoms with Crippen molar-refractivity contribution in [3.05, 3.63) is 42.6 Å². The molecule has 1 aromatic carbocycles. The SMILES string of the molecule is Cl.c1cc(OCCN2CCOCC2)cc(-c2nc(N3CCOCC3)c3oc4ncccc4c3n2)c1. The number of nitrogens with zero attached hydrogens (tertiary/aromatic N) is 5. The van der Waals surface area contributed by atoms with E-state index in [1.165, 1.54) is 0 Å². The highest BCUT2D eigenvalue weighted by molar-refractivity contribution is 6.05. The molecule has 5 heterocycles. The normalized spacial score (nSPS) is 17.0. The number of benzene rings is 1. The van der Waals surface area contributed by atoms with Gasteiger partial charge < -0.3 is 23.5 Å². The molecular formula is C25H28ClN5O4. The van der Waals surface area contributed by atoms with Crippen LogP contribution in [0.2, 0.25) is 0 Å². The Morgan fingerprint density at radius 1 is 0.914 bits per heavy atom. The highest BCUT2D eigenvalue weighted by atomic mass is 35.5. The summed E-state index contributed by atoms with van der Waals surface area (Å²) in [7, 11) is 0. The fourth-order valence-electron chi connectivity index (χ4n) is 4.43. The second-order valence-corrected chi connectivity index (χ2v) is 8.44. The van der Waals surface area contributed by atoms with Crippen molar-refractivity contribution in [2.75, 3.05) is 70.7 Å². The van der Waals surface area contributed by atoms with Gasteiger partial charge in [0.15, 0.2) is 17.2 Å². The summed E-state index contributed by atoms with van der Waals surface area (Å²) in [5.41, 5.74) is 2.91. The number of pyridine rings is 1. The third kappa shape index (κ3) is 5.04. The van der Waals surface area contributed by atoms with E-state index in [4.69, 9.17) is 28.6 Å². The zero-order chi connectivity index (χ0) is 22.7. The molecule has 2 fully saturated rings. The molecular weight excluding hydrogens is 470 g/mol. The van der Waals surface area contributed by atoms with Crippen molar-refractivity contribution in [2.24, 2.45) is 0 Å². The highest BCUT2D eigenvalue weighted by Gasteiger charge is 2.23. The van der Waals surface area contributed by atoms with Crippen LogP contribution in [0.1, 0.15) is 0 Å². The predicted octanol–water partition coefficient (Wildman–Crippen LogP) is 3.41. The molecule has 6 rings (SSSR count). The third-order valence-electron chi connectivity index (χ3n) is 6.26. The zero-order valence-corrected chi connectivity index (χ0v) is 20.2. The Labute approximate surface area is 209 Å². The number of rotatable bonds is 6. The van der Waals surface area contributed by atoms with Crippen molar-refractivity contribution in [1.82, 2.24) is 19.9 Å². The van der Waals surface area contributed by atoms with E-state index >= 15 is 0 Å². The minimum atomic E-state index is 0. The highest BCUT2D eigenvalue weighted by Crippen LogP contribution is 2.34. The zero-order valence-electron chi connectivity index (χ0n) is 19.4. The molecule has 0 spiro atoms. The average Bonchev–Trinajstić information content (AvgIpc) is 3.28. The summed E-state index contributed by atoms with van der Waals surface area (Å²) < 4.78 is 23.1. The van der Waals surface area contributed by atoms with Gasteiger partial charge in [-0.2, -0.15) is 0 Å². The number of aromatic nitrogens is 3. The lowest BCUT2D eigenvalue weighted by Crippen LogP contribution is -2.38. The van der Waals surface area contributed by atoms with E-state index in [2.05, 4.69) is 14.8 Å². The molecule has 0 atom stereocenters. The van der Waals surface area contributed by atoms with E-state index in [-0.39, 0.29) is 12.4 Å². The molecule has 9 nitrogen and oxygen atoms in total. The van der Waals surface area contributed by atoms with Crippen molar-refractivity contribution in [2.45, 2.75) is 0 Å². The molecule has 35 heavy (non-hydrogen) atoms. The molecule has 0 amide bonds. The molecule has 3 aromatic heterocycles. The van der Waals surface area contributed by atoms with Gasteiger partial charge in [-0.1, -0.05) is 12.1 Å². The van der Waals surface area contributed by atoms with E-state index in [0.29, 0.717) is 36.9 Å². The maximum absolute atomic E-state index is 6.11. The van der Waals surface area contributed by atoms with Crippen LogP contribution in [-0.2, 0) is 9.47 Å². The van der Waals surface area contributed by atoms with Gasteiger partial charge in [0.1, 0.15) is 17.9 Å². The van der Waals surface area contributed by atoms with Crippen molar-refractivity contribution in [3.8, 4) is 17.1 Å². The van der Waals surface area contributed by atoms with Gasteiger partial charge in [-0.15, -0.1) is 12.4 Å². The molecule has 0 N–H and O–H groups in total. The summed E-state index contributed by atoms with van der Waals surface area (Å²) in [6.45, 7) is 7.81. The predicted molar refractivity (Wildman–Crippen MR) is 136 cm³/mol. The number of anilines is 1. The smallest absolute Gasteiger partial charge is 0.229 e. The Balaban J connectivity index is 0.00000253. The van der Waals surface area contributed by atoms with Crippen LogP contribution in [0.5, 0.6) is 5.75 Å². The van der Waals surface area contributed by atoms with Crippen molar-refractivity contribution >= 4 is 40.4 Å². The molecule has 0 radical (unpaired) electrons. The lowest BCUT2D eigenvalue weighted by Gasteiger charge is -2.27. The minimum Gasteiger partial charge on any atom is -0.492 e. The Morgan fingerprint density at radius 3 is 2.54 bits per heavy atom. The molecule has 4 aromatic rings. The number of furan rings is 1. The Kier molecular flexibility index (Phi) is 7.29. The van der Waals surface area contributed by atoms with E-state index in [1.54, 1.807) is 6.20 Å². The van der Waals surface area contributed by atoms with Gasteiger partial charge in [0.05, 0.1) is 31.8 Å². The maximum Gasteiger partial charge on any atom is 0.229 e. The number of hydrogen-bond donors (Lipinski definition) is 0. The molecule has 0 aliphatic carbocycles. The van der Waals surface area contributed by atoms with Crippen molar-refractivity contribution in [3.63, 3.8) is 0 Å². The number of ether oxygens (including phenoxy) is 3. The van der Waals surface area contributed by atoms with Crippen LogP contribution in [0.15, 0.2) is 47.0 Å². The number of fused-ring (bicyclic) bond motifs is 3. The lowest BCUT2D eigenvalue weighted by molar-refractivity contribution is 0.0322. The van der Waals surface area contributed by atoms with Crippen LogP contribution in [0.3, 0.4) is 0 Å². The summed E-state index contributed by atoms with van der Waals surface area (Å²) in [5, 5.41) is 0.883. The topological polar surface area (TPSA) is 86.0 Å². The molecule has 0 saturated carbocycles. The molecule has 2 saturated heterocycles. The quantitative estimate of drug-likeness (QED) is 0.397. The van der Waals surface area contributed by atoms with Crippen LogP contribution >= 0.6 is 12.4 Å². The largest absolute Gasteiger partial charge is 0.492 e. The molecule has 10 heteroatoms. The third-order valence-corrected chi connectivity index (χ3v) is 6.26. The summed E-state index contributed by atoms with van der Waals surface area (Å²) >= 11 is 0. The van der Waals surface area contributed by atoms with Gasteiger partial charge in [-0.25, -0.2) is 15.0 Å². The van der Waals surface area contributed by atoms with Crippen molar-refractivity contribution in [1.29, 1.82) is 0 Å². The minimum absolute atomic E-state index is 0. The summed E-state index contributed by atoms with van der Waals surface area (Å²) in [4.78, 5) is 18.8. The van der Waals surface area contributed by atoms with Crippen molar-refractivity contribution < 1.29 is 18.6 Å². The van der Waals surface area contributed by atoms with Crippen LogP contribution in [0.4, 0.5) is 5.82 Å². The molecule has 2 aliphatic rings. The number of hydrogen-bond acceptors (Lipinski definition) is 9. The van der Waals surface area contributed by atoms with Gasteiger partial charge in [-0.3, -0.25) is 4.90 Å². The molecule has 0 unspecified atom stereocenters. The lowest BCUT2D eigenvalue weighted by atomic mass is 10.2. The number of halogens is 1. The Bertz CT molecular complexity index is 1290. The summed E-state index contributed by atoms with van der Waals surface area (Å²) in [5.74, 6) is 2.22. The van der Waals surface area contributed by atoms with Crippen LogP contribution in [0.25, 0.3) is 33.6 Å². The van der Waals surface area contributed by atoms with Crippen LogP contribution < -0.4 is 9.64 Å². The van der Waals surface area contributed by atoms with Gasteiger partial charge in [0.2, 0.25) is 5.71 Å². The van der Waals surface area contributed by atoms with E-state index in [1.807, 2.05) is 36.4 Å². The van der Waals surface area contributed by atoms with Crippen LogP contribution in [0, 0.1) is 0 Å². The van der Waals surface area contributed by atoms with E-state index < -0.39 is 0 Å². The first kappa shape index (κ1) is 23.7. The number of morpholine rings is 2. The van der Waals surface area contributed by atoms with Gasteiger partial charge in [0.25, 0.3) is 0 Å². The fraction of sp³-hybridized carbons (Fsp3) is 0.400. The standard InChI is InChI=1S/C25H27N5O4.ClH/c1-3-18(17-19(4-1)33-16-9-29-7-12-31-13-8-29)23-27-21-20-5-2-6-26-25(20)34-22(21)24(28-23)30-10-14-32-15-11-30;/h1-6,17H,7-16H2;1H.